The number of rotatable bonds is 9. The van der Waals surface area contributed by atoms with Gasteiger partial charge in [-0.15, -0.1) is 16.3 Å². The molecule has 0 saturated heterocycles. The van der Waals surface area contributed by atoms with E-state index in [9.17, 15) is 4.79 Å². The summed E-state index contributed by atoms with van der Waals surface area (Å²) in [5, 5.41) is 10.0. The van der Waals surface area contributed by atoms with Crippen LogP contribution in [0.3, 0.4) is 0 Å². The Morgan fingerprint density at radius 2 is 1.86 bits per heavy atom. The number of fused-ring (bicyclic) bond motifs is 2. The number of methoxy groups -OCH3 is 2. The van der Waals surface area contributed by atoms with E-state index in [4.69, 9.17) is 21.1 Å². The molecule has 1 aliphatic carbocycles. The van der Waals surface area contributed by atoms with Crippen LogP contribution in [0, 0.1) is 0 Å². The minimum atomic E-state index is -0.234. The van der Waals surface area contributed by atoms with Crippen LogP contribution in [0.4, 0.5) is 11.5 Å². The van der Waals surface area contributed by atoms with Crippen molar-refractivity contribution in [3.63, 3.8) is 0 Å². The molecular formula is C33H34BClN6O3+. The van der Waals surface area contributed by atoms with E-state index < -0.39 is 0 Å². The Morgan fingerprint density at radius 3 is 2.59 bits per heavy atom. The molecule has 0 bridgehead atoms. The van der Waals surface area contributed by atoms with Crippen LogP contribution in [0.2, 0.25) is 0 Å². The number of aromatic amines is 1. The fraction of sp³-hybridized carbons (Fsp3) is 0.273. The van der Waals surface area contributed by atoms with Gasteiger partial charge in [-0.2, -0.15) is 0 Å². The molecule has 1 radical (unpaired) electrons. The summed E-state index contributed by atoms with van der Waals surface area (Å²) in [5.41, 5.74) is 7.27. The number of hydrogen-bond acceptors (Lipinski definition) is 4. The lowest BCUT2D eigenvalue weighted by molar-refractivity contribution is -0.316. The number of H-pyrrole nitrogens is 1. The van der Waals surface area contributed by atoms with Gasteiger partial charge in [-0.25, -0.2) is 5.10 Å². The number of anilines is 2. The first-order chi connectivity index (χ1) is 21.6. The molecule has 4 heterocycles. The molecule has 11 heteroatoms. The molecule has 3 N–H and O–H groups in total. The number of alkyl halides is 1. The Kier molecular flexibility index (Phi) is 7.60. The second-order valence-electron chi connectivity index (χ2n) is 11.2. The first kappa shape index (κ1) is 28.2. The highest BCUT2D eigenvalue weighted by Crippen LogP contribution is 2.37. The number of aromatic nitrogens is 3. The summed E-state index contributed by atoms with van der Waals surface area (Å²) < 4.78 is 17.6. The number of carbonyl (C=O) groups is 1. The van der Waals surface area contributed by atoms with Gasteiger partial charge in [0.15, 0.2) is 0 Å². The molecule has 7 rings (SSSR count). The smallest absolute Gasteiger partial charge is 0.497 e. The van der Waals surface area contributed by atoms with Crippen LogP contribution in [0.1, 0.15) is 54.1 Å². The normalized spacial score (nSPS) is 15.8. The van der Waals surface area contributed by atoms with Gasteiger partial charge in [0.2, 0.25) is 5.91 Å². The van der Waals surface area contributed by atoms with Crippen molar-refractivity contribution >= 4 is 48.0 Å². The molecule has 0 atom stereocenters. The summed E-state index contributed by atoms with van der Waals surface area (Å²) in [6, 6.07) is 17.9. The average Bonchev–Trinajstić information content (AvgIpc) is 3.80. The summed E-state index contributed by atoms with van der Waals surface area (Å²) >= 11 is 5.70. The zero-order valence-corrected chi connectivity index (χ0v) is 25.5. The van der Waals surface area contributed by atoms with Gasteiger partial charge in [-0.3, -0.25) is 9.28 Å². The van der Waals surface area contributed by atoms with E-state index in [1.165, 1.54) is 31.4 Å². The quantitative estimate of drug-likeness (QED) is 0.166. The molecule has 44 heavy (non-hydrogen) atoms. The Bertz CT molecular complexity index is 1790. The van der Waals surface area contributed by atoms with Gasteiger partial charge in [0.25, 0.3) is 5.84 Å². The van der Waals surface area contributed by atoms with Gasteiger partial charge in [-0.1, -0.05) is 25.0 Å². The van der Waals surface area contributed by atoms with E-state index in [1.54, 1.807) is 14.2 Å². The fourth-order valence-corrected chi connectivity index (χ4v) is 6.44. The van der Waals surface area contributed by atoms with Crippen LogP contribution in [-0.4, -0.2) is 58.1 Å². The lowest BCUT2D eigenvalue weighted by atomic mass is 9.92. The standard InChI is InChI=1S/C33H34BClN6O3/c1-43-25-11-14-29(44-2)23(17-25)19-36-30-15-12-27-33(22-7-9-24(10-8-22)37-31(42)18-35)28-13-16-32(41(28)34-40(27)30)39-20-26(38-39)21-5-3-4-6-21/h7-17,20-21,36,38H,3-6,18-19H2,1-2H3,(H,37,42)/q+1. The van der Waals surface area contributed by atoms with Gasteiger partial charge in [0.1, 0.15) is 29.3 Å². The highest BCUT2D eigenvalue weighted by Gasteiger charge is 2.36. The summed E-state index contributed by atoms with van der Waals surface area (Å²) in [6.07, 6.45) is 11.7. The Hall–Kier alpha value is -4.57. The van der Waals surface area contributed by atoms with Crippen LogP contribution in [0.25, 0.3) is 5.57 Å². The first-order valence-electron chi connectivity index (χ1n) is 14.9. The van der Waals surface area contributed by atoms with Crippen molar-refractivity contribution < 1.29 is 18.8 Å². The largest absolute Gasteiger partial charge is 0.553 e. The lowest BCUT2D eigenvalue weighted by Crippen LogP contribution is -2.36. The van der Waals surface area contributed by atoms with E-state index >= 15 is 0 Å². The van der Waals surface area contributed by atoms with Crippen LogP contribution >= 0.6 is 11.6 Å². The predicted molar refractivity (Wildman–Crippen MR) is 174 cm³/mol. The molecule has 9 nitrogen and oxygen atoms in total. The molecule has 2 aromatic carbocycles. The van der Waals surface area contributed by atoms with Crippen molar-refractivity contribution in [2.45, 2.75) is 38.1 Å². The van der Waals surface area contributed by atoms with Gasteiger partial charge in [0, 0.05) is 41.1 Å². The monoisotopic (exact) mass is 608 g/mol. The highest BCUT2D eigenvalue weighted by atomic mass is 35.5. The molecule has 2 aromatic heterocycles. The molecule has 3 aliphatic rings. The number of amides is 1. The highest BCUT2D eigenvalue weighted by molar-refractivity contribution is 6.30. The molecular weight excluding hydrogens is 575 g/mol. The molecule has 4 aromatic rings. The molecule has 1 fully saturated rings. The van der Waals surface area contributed by atoms with Crippen LogP contribution < -0.4 is 20.1 Å². The van der Waals surface area contributed by atoms with Gasteiger partial charge in [0.05, 0.1) is 25.7 Å². The molecule has 0 spiro atoms. The van der Waals surface area contributed by atoms with Gasteiger partial charge < -0.3 is 24.6 Å². The van der Waals surface area contributed by atoms with E-state index in [0.29, 0.717) is 18.2 Å². The first-order valence-corrected chi connectivity index (χ1v) is 15.4. The molecule has 0 unspecified atom stereocenters. The van der Waals surface area contributed by atoms with Crippen molar-refractivity contribution in [1.29, 1.82) is 0 Å². The molecule has 2 aliphatic heterocycles. The summed E-state index contributed by atoms with van der Waals surface area (Å²) in [6.45, 7) is 0.550. The van der Waals surface area contributed by atoms with Crippen LogP contribution in [-0.2, 0) is 11.3 Å². The van der Waals surface area contributed by atoms with E-state index in [-0.39, 0.29) is 11.8 Å². The SMILES string of the molecule is COc1ccc(OC)c(CNc2ccc3n2[B][N+]2=C(n4cc(C5CCCC5)[nH]4)C=CC2=C3c2ccc(NC(=O)CCl)cc2)c1. The maximum atomic E-state index is 11.8. The van der Waals surface area contributed by atoms with Crippen molar-refractivity contribution in [2.24, 2.45) is 0 Å². The number of halogens is 1. The van der Waals surface area contributed by atoms with E-state index in [1.807, 2.05) is 42.5 Å². The Morgan fingerprint density at radius 1 is 1.07 bits per heavy atom. The van der Waals surface area contributed by atoms with Crippen molar-refractivity contribution in [3.8, 4) is 11.5 Å². The average molecular weight is 609 g/mol. The number of ether oxygens (including phenoxy) is 2. The third kappa shape index (κ3) is 5.13. The second-order valence-corrected chi connectivity index (χ2v) is 11.5. The van der Waals surface area contributed by atoms with Crippen LogP contribution in [0.5, 0.6) is 11.5 Å². The van der Waals surface area contributed by atoms with Gasteiger partial charge >= 0.3 is 7.55 Å². The zero-order valence-electron chi connectivity index (χ0n) is 24.8. The Balaban J connectivity index is 1.26. The zero-order chi connectivity index (χ0) is 30.2. The fourth-order valence-electron chi connectivity index (χ4n) is 6.37. The van der Waals surface area contributed by atoms with Gasteiger partial charge in [-0.05, 0) is 66.9 Å². The van der Waals surface area contributed by atoms with Crippen LogP contribution in [0.15, 0.2) is 78.6 Å². The third-order valence-corrected chi connectivity index (χ3v) is 8.89. The lowest BCUT2D eigenvalue weighted by Gasteiger charge is -2.23. The number of allylic oxidation sites excluding steroid dienone is 2. The predicted octanol–water partition coefficient (Wildman–Crippen LogP) is 5.77. The molecule has 223 valence electrons. The second kappa shape index (κ2) is 11.8. The summed E-state index contributed by atoms with van der Waals surface area (Å²) in [5.74, 6) is 3.86. The minimum absolute atomic E-state index is 0.0857. The maximum absolute atomic E-state index is 11.8. The van der Waals surface area contributed by atoms with E-state index in [0.717, 1.165) is 51.2 Å². The van der Waals surface area contributed by atoms with E-state index in [2.05, 4.69) is 67.4 Å². The van der Waals surface area contributed by atoms with Crippen molar-refractivity contribution in [2.75, 3.05) is 30.7 Å². The maximum Gasteiger partial charge on any atom is 0.553 e. The molecule has 1 saturated carbocycles. The minimum Gasteiger partial charge on any atom is -0.497 e. The summed E-state index contributed by atoms with van der Waals surface area (Å²) in [7, 11) is 5.47. The van der Waals surface area contributed by atoms with Crippen molar-refractivity contribution in [1.82, 2.24) is 14.3 Å². The number of nitrogens with one attached hydrogen (secondary N) is 3. The number of hydrogen-bond donors (Lipinski definition) is 3. The third-order valence-electron chi connectivity index (χ3n) is 8.64. The number of nitrogens with zero attached hydrogens (tertiary/aromatic N) is 3. The Labute approximate surface area is 262 Å². The molecule has 1 amide bonds. The van der Waals surface area contributed by atoms with Crippen molar-refractivity contribution in [3.05, 3.63) is 101 Å². The summed E-state index contributed by atoms with van der Waals surface area (Å²) in [4.78, 5) is 11.8. The number of carbonyl (C=O) groups excluding carboxylic acids is 1. The topological polar surface area (TPSA) is 88.2 Å². The number of benzene rings is 2.